The molecule has 1 aromatic heterocycles. The summed E-state index contributed by atoms with van der Waals surface area (Å²) in [5.41, 5.74) is 5.68. The van der Waals surface area contributed by atoms with Crippen molar-refractivity contribution in [3.63, 3.8) is 0 Å². The van der Waals surface area contributed by atoms with Crippen LogP contribution in [0.4, 0.5) is 11.6 Å². The first-order chi connectivity index (χ1) is 7.02. The number of rotatable bonds is 4. The van der Waals surface area contributed by atoms with Crippen LogP contribution in [-0.4, -0.2) is 22.3 Å². The number of hydrogen-bond acceptors (Lipinski definition) is 5. The zero-order valence-electron chi connectivity index (χ0n) is 9.61. The maximum absolute atomic E-state index is 5.68. The summed E-state index contributed by atoms with van der Waals surface area (Å²) in [5, 5.41) is 4.01. The molecule has 0 aromatic carbocycles. The van der Waals surface area contributed by atoms with Gasteiger partial charge in [-0.05, 0) is 19.1 Å². The van der Waals surface area contributed by atoms with Crippen molar-refractivity contribution in [1.82, 2.24) is 9.97 Å². The van der Waals surface area contributed by atoms with E-state index in [1.165, 1.54) is 11.8 Å². The smallest absolute Gasteiger partial charge is 0.191 e. The van der Waals surface area contributed by atoms with E-state index in [4.69, 9.17) is 5.73 Å². The van der Waals surface area contributed by atoms with Crippen LogP contribution >= 0.6 is 11.8 Å². The standard InChI is InChI=1S/C10H18N4S/c1-6(2)7(3)12-9-5-8(11)13-10(14-9)15-4/h5-7H,1-4H3,(H3,11,12,13,14). The van der Waals surface area contributed by atoms with Gasteiger partial charge in [-0.2, -0.15) is 0 Å². The van der Waals surface area contributed by atoms with Gasteiger partial charge in [-0.3, -0.25) is 0 Å². The first-order valence-electron chi connectivity index (χ1n) is 4.98. The molecule has 4 nitrogen and oxygen atoms in total. The maximum atomic E-state index is 5.68. The molecule has 1 rings (SSSR count). The van der Waals surface area contributed by atoms with Gasteiger partial charge >= 0.3 is 0 Å². The minimum Gasteiger partial charge on any atom is -0.383 e. The number of nitrogens with two attached hydrogens (primary N) is 1. The van der Waals surface area contributed by atoms with Crippen molar-refractivity contribution in [2.45, 2.75) is 32.0 Å². The Hall–Kier alpha value is -0.970. The molecule has 5 heteroatoms. The van der Waals surface area contributed by atoms with E-state index >= 15 is 0 Å². The molecule has 0 saturated heterocycles. The number of hydrogen-bond donors (Lipinski definition) is 2. The molecule has 1 heterocycles. The number of nitrogen functional groups attached to an aromatic ring is 1. The van der Waals surface area contributed by atoms with E-state index in [1.807, 2.05) is 6.26 Å². The minimum absolute atomic E-state index is 0.369. The Morgan fingerprint density at radius 2 is 2.00 bits per heavy atom. The lowest BCUT2D eigenvalue weighted by Gasteiger charge is -2.18. The van der Waals surface area contributed by atoms with Crippen LogP contribution < -0.4 is 11.1 Å². The summed E-state index contributed by atoms with van der Waals surface area (Å²) >= 11 is 1.49. The topological polar surface area (TPSA) is 63.8 Å². The van der Waals surface area contributed by atoms with Crippen LogP contribution in [0.2, 0.25) is 0 Å². The second-order valence-electron chi connectivity index (χ2n) is 3.84. The number of anilines is 2. The third-order valence-electron chi connectivity index (χ3n) is 2.28. The van der Waals surface area contributed by atoms with Gasteiger partial charge in [0.1, 0.15) is 11.6 Å². The van der Waals surface area contributed by atoms with E-state index in [0.29, 0.717) is 22.9 Å². The van der Waals surface area contributed by atoms with Crippen LogP contribution in [0.15, 0.2) is 11.2 Å². The van der Waals surface area contributed by atoms with Gasteiger partial charge in [-0.15, -0.1) is 0 Å². The summed E-state index contributed by atoms with van der Waals surface area (Å²) < 4.78 is 0. The fraction of sp³-hybridized carbons (Fsp3) is 0.600. The highest BCUT2D eigenvalue weighted by atomic mass is 32.2. The molecule has 1 aromatic rings. The average Bonchev–Trinajstić information content (AvgIpc) is 2.16. The molecule has 3 N–H and O–H groups in total. The Balaban J connectivity index is 2.80. The van der Waals surface area contributed by atoms with Crippen molar-refractivity contribution in [3.05, 3.63) is 6.07 Å². The summed E-state index contributed by atoms with van der Waals surface area (Å²) in [6.07, 6.45) is 1.93. The zero-order valence-corrected chi connectivity index (χ0v) is 10.4. The molecule has 0 bridgehead atoms. The molecular formula is C10H18N4S. The Morgan fingerprint density at radius 3 is 2.53 bits per heavy atom. The third-order valence-corrected chi connectivity index (χ3v) is 2.83. The van der Waals surface area contributed by atoms with Gasteiger partial charge in [0.25, 0.3) is 0 Å². The normalized spacial score (nSPS) is 12.9. The molecule has 0 aliphatic carbocycles. The molecule has 0 aliphatic rings. The highest BCUT2D eigenvalue weighted by molar-refractivity contribution is 7.98. The second kappa shape index (κ2) is 5.21. The van der Waals surface area contributed by atoms with Gasteiger partial charge in [0, 0.05) is 12.1 Å². The first kappa shape index (κ1) is 12.1. The summed E-state index contributed by atoms with van der Waals surface area (Å²) in [7, 11) is 0. The number of nitrogens with zero attached hydrogens (tertiary/aromatic N) is 2. The van der Waals surface area contributed by atoms with Crippen LogP contribution in [0.5, 0.6) is 0 Å². The van der Waals surface area contributed by atoms with Gasteiger partial charge in [0.15, 0.2) is 5.16 Å². The van der Waals surface area contributed by atoms with Crippen LogP contribution in [0.1, 0.15) is 20.8 Å². The summed E-state index contributed by atoms with van der Waals surface area (Å²) in [6.45, 7) is 6.46. The van der Waals surface area contributed by atoms with E-state index in [1.54, 1.807) is 6.07 Å². The molecule has 0 spiro atoms. The Labute approximate surface area is 95.1 Å². The molecule has 0 amide bonds. The van der Waals surface area contributed by atoms with E-state index in [9.17, 15) is 0 Å². The molecule has 0 radical (unpaired) electrons. The van der Waals surface area contributed by atoms with Crippen molar-refractivity contribution in [3.8, 4) is 0 Å². The lowest BCUT2D eigenvalue weighted by atomic mass is 10.1. The van der Waals surface area contributed by atoms with Gasteiger partial charge in [-0.1, -0.05) is 25.6 Å². The quantitative estimate of drug-likeness (QED) is 0.609. The number of thioether (sulfide) groups is 1. The van der Waals surface area contributed by atoms with E-state index in [0.717, 1.165) is 5.82 Å². The summed E-state index contributed by atoms with van der Waals surface area (Å²) in [6, 6.07) is 2.13. The number of nitrogens with one attached hydrogen (secondary N) is 1. The van der Waals surface area contributed by atoms with Crippen molar-refractivity contribution >= 4 is 23.4 Å². The summed E-state index contributed by atoms with van der Waals surface area (Å²) in [4.78, 5) is 8.43. The Morgan fingerprint density at radius 1 is 1.33 bits per heavy atom. The predicted molar refractivity (Wildman–Crippen MR) is 66.1 cm³/mol. The minimum atomic E-state index is 0.369. The van der Waals surface area contributed by atoms with Gasteiger partial charge < -0.3 is 11.1 Å². The molecule has 84 valence electrons. The average molecular weight is 226 g/mol. The largest absolute Gasteiger partial charge is 0.383 e. The zero-order chi connectivity index (χ0) is 11.4. The number of aromatic nitrogens is 2. The maximum Gasteiger partial charge on any atom is 0.191 e. The highest BCUT2D eigenvalue weighted by Crippen LogP contribution is 2.17. The molecule has 0 aliphatic heterocycles. The van der Waals surface area contributed by atoms with Crippen molar-refractivity contribution in [2.75, 3.05) is 17.3 Å². The molecule has 0 saturated carbocycles. The fourth-order valence-corrected chi connectivity index (χ4v) is 1.39. The van der Waals surface area contributed by atoms with E-state index in [2.05, 4.69) is 36.1 Å². The van der Waals surface area contributed by atoms with Crippen molar-refractivity contribution in [1.29, 1.82) is 0 Å². The lowest BCUT2D eigenvalue weighted by Crippen LogP contribution is -2.22. The third kappa shape index (κ3) is 3.58. The molecular weight excluding hydrogens is 208 g/mol. The second-order valence-corrected chi connectivity index (χ2v) is 4.62. The summed E-state index contributed by atoms with van der Waals surface area (Å²) in [5.74, 6) is 1.86. The Bertz CT molecular complexity index is 327. The molecule has 0 fully saturated rings. The van der Waals surface area contributed by atoms with E-state index in [-0.39, 0.29) is 0 Å². The SMILES string of the molecule is CSc1nc(N)cc(NC(C)C(C)C)n1. The predicted octanol–water partition coefficient (Wildman–Crippen LogP) is 2.24. The Kier molecular flexibility index (Phi) is 4.20. The van der Waals surface area contributed by atoms with Crippen molar-refractivity contribution < 1.29 is 0 Å². The lowest BCUT2D eigenvalue weighted by molar-refractivity contribution is 0.557. The molecule has 1 atom stereocenters. The monoisotopic (exact) mass is 226 g/mol. The van der Waals surface area contributed by atoms with Crippen LogP contribution in [0.25, 0.3) is 0 Å². The van der Waals surface area contributed by atoms with Crippen LogP contribution in [0.3, 0.4) is 0 Å². The van der Waals surface area contributed by atoms with Crippen molar-refractivity contribution in [2.24, 2.45) is 5.92 Å². The van der Waals surface area contributed by atoms with Crippen LogP contribution in [-0.2, 0) is 0 Å². The molecule has 15 heavy (non-hydrogen) atoms. The van der Waals surface area contributed by atoms with Gasteiger partial charge in [0.2, 0.25) is 0 Å². The highest BCUT2D eigenvalue weighted by Gasteiger charge is 2.08. The fourth-order valence-electron chi connectivity index (χ4n) is 1.01. The van der Waals surface area contributed by atoms with E-state index < -0.39 is 0 Å². The van der Waals surface area contributed by atoms with Gasteiger partial charge in [-0.25, -0.2) is 9.97 Å². The molecule has 1 unspecified atom stereocenters. The van der Waals surface area contributed by atoms with Crippen LogP contribution in [0, 0.1) is 5.92 Å². The van der Waals surface area contributed by atoms with Gasteiger partial charge in [0.05, 0.1) is 0 Å². The first-order valence-corrected chi connectivity index (χ1v) is 6.20.